The third-order valence-corrected chi connectivity index (χ3v) is 1.66. The van der Waals surface area contributed by atoms with E-state index in [4.69, 9.17) is 10.4 Å². The molecule has 0 aromatic heterocycles. The summed E-state index contributed by atoms with van der Waals surface area (Å²) in [5.41, 5.74) is -0.320. The molecule has 0 fully saturated rings. The molecule has 0 aromatic carbocycles. The van der Waals surface area contributed by atoms with Crippen LogP contribution in [0.1, 0.15) is 27.7 Å². The number of hydrogen-bond donors (Lipinski definition) is 2. The molecule has 0 saturated heterocycles. The Morgan fingerprint density at radius 1 is 1.54 bits per heavy atom. The molecule has 4 nitrogen and oxygen atoms in total. The Kier molecular flexibility index (Phi) is 3.89. The van der Waals surface area contributed by atoms with Gasteiger partial charge in [-0.15, -0.1) is 0 Å². The van der Waals surface area contributed by atoms with Crippen molar-refractivity contribution in [3.05, 3.63) is 0 Å². The summed E-state index contributed by atoms with van der Waals surface area (Å²) in [4.78, 5) is 11.0. The van der Waals surface area contributed by atoms with Crippen molar-refractivity contribution in [3.63, 3.8) is 0 Å². The van der Waals surface area contributed by atoms with Crippen LogP contribution >= 0.6 is 0 Å². The number of amides is 1. The van der Waals surface area contributed by atoms with Crippen molar-refractivity contribution in [1.82, 2.24) is 5.32 Å². The highest BCUT2D eigenvalue weighted by Crippen LogP contribution is 2.18. The lowest BCUT2D eigenvalue weighted by Crippen LogP contribution is -2.46. The molecule has 0 radical (unpaired) electrons. The maximum absolute atomic E-state index is 11.0. The summed E-state index contributed by atoms with van der Waals surface area (Å²) in [6, 6.07) is 1.41. The molecule has 74 valence electrons. The number of nitriles is 1. The van der Waals surface area contributed by atoms with Gasteiger partial charge in [0.15, 0.2) is 0 Å². The zero-order valence-electron chi connectivity index (χ0n) is 8.46. The largest absolute Gasteiger partial charge is 0.384 e. The molecule has 1 amide bonds. The Labute approximate surface area is 78.6 Å². The van der Waals surface area contributed by atoms with Gasteiger partial charge in [-0.1, -0.05) is 20.8 Å². The summed E-state index contributed by atoms with van der Waals surface area (Å²) in [5.74, 6) is -0.513. The van der Waals surface area contributed by atoms with Crippen LogP contribution in [0.15, 0.2) is 0 Å². The van der Waals surface area contributed by atoms with Gasteiger partial charge >= 0.3 is 0 Å². The number of carbonyl (C=O) groups excluding carboxylic acids is 1. The van der Waals surface area contributed by atoms with Crippen LogP contribution < -0.4 is 5.32 Å². The number of hydrogen-bond acceptors (Lipinski definition) is 3. The molecule has 0 aliphatic rings. The van der Waals surface area contributed by atoms with Crippen LogP contribution in [-0.4, -0.2) is 23.2 Å². The van der Waals surface area contributed by atoms with E-state index in [1.54, 1.807) is 0 Å². The van der Waals surface area contributed by atoms with Crippen LogP contribution in [0.3, 0.4) is 0 Å². The molecule has 4 heteroatoms. The number of carbonyl (C=O) groups is 1. The number of aliphatic hydroxyl groups excluding tert-OH is 1. The van der Waals surface area contributed by atoms with Crippen LogP contribution in [0.4, 0.5) is 0 Å². The molecular formula is C9H16N2O2. The first-order chi connectivity index (χ1) is 5.79. The van der Waals surface area contributed by atoms with Gasteiger partial charge in [0.2, 0.25) is 5.91 Å². The van der Waals surface area contributed by atoms with E-state index in [1.807, 2.05) is 26.8 Å². The van der Waals surface area contributed by atoms with Crippen molar-refractivity contribution >= 4 is 5.91 Å². The predicted molar refractivity (Wildman–Crippen MR) is 48.7 cm³/mol. The number of rotatable bonds is 2. The summed E-state index contributed by atoms with van der Waals surface area (Å²) >= 11 is 0. The van der Waals surface area contributed by atoms with Crippen molar-refractivity contribution in [2.75, 3.05) is 0 Å². The minimum atomic E-state index is -1.07. The Balaban J connectivity index is 4.34. The van der Waals surface area contributed by atoms with Gasteiger partial charge in [0.1, 0.15) is 12.1 Å². The van der Waals surface area contributed by atoms with E-state index in [1.165, 1.54) is 6.92 Å². The third kappa shape index (κ3) is 3.90. The first kappa shape index (κ1) is 11.9. The highest BCUT2D eigenvalue weighted by molar-refractivity contribution is 5.80. The smallest absolute Gasteiger partial charge is 0.249 e. The van der Waals surface area contributed by atoms with E-state index < -0.39 is 18.1 Å². The Bertz CT molecular complexity index is 223. The fraction of sp³-hybridized carbons (Fsp3) is 0.778. The molecule has 0 aliphatic heterocycles. The van der Waals surface area contributed by atoms with Crippen LogP contribution in [0, 0.1) is 16.7 Å². The van der Waals surface area contributed by atoms with Crippen molar-refractivity contribution in [1.29, 1.82) is 5.26 Å². The van der Waals surface area contributed by atoms with E-state index in [0.29, 0.717) is 0 Å². The maximum atomic E-state index is 11.0. The molecule has 0 aromatic rings. The molecule has 2 N–H and O–H groups in total. The highest BCUT2D eigenvalue weighted by Gasteiger charge is 2.26. The van der Waals surface area contributed by atoms with Crippen LogP contribution in [0.5, 0.6) is 0 Å². The summed E-state index contributed by atoms with van der Waals surface area (Å²) < 4.78 is 0. The number of nitrogens with zero attached hydrogens (tertiary/aromatic N) is 1. The SMILES string of the molecule is C[C@H](O)C(=O)NC(C#N)C(C)(C)C. The quantitative estimate of drug-likeness (QED) is 0.653. The van der Waals surface area contributed by atoms with Gasteiger partial charge in [0.25, 0.3) is 0 Å². The second-order valence-electron chi connectivity index (χ2n) is 4.11. The summed E-state index contributed by atoms with van der Waals surface area (Å²) in [5, 5.41) is 20.1. The van der Waals surface area contributed by atoms with Crippen molar-refractivity contribution in [2.24, 2.45) is 5.41 Å². The van der Waals surface area contributed by atoms with E-state index in [9.17, 15) is 4.79 Å². The molecule has 0 rings (SSSR count). The first-order valence-electron chi connectivity index (χ1n) is 4.17. The lowest BCUT2D eigenvalue weighted by Gasteiger charge is -2.25. The number of nitrogens with one attached hydrogen (secondary N) is 1. The van der Waals surface area contributed by atoms with Crippen LogP contribution in [0.2, 0.25) is 0 Å². The lowest BCUT2D eigenvalue weighted by molar-refractivity contribution is -0.129. The average Bonchev–Trinajstić information content (AvgIpc) is 1.96. The minimum Gasteiger partial charge on any atom is -0.384 e. The molecule has 13 heavy (non-hydrogen) atoms. The molecule has 0 saturated carbocycles. The monoisotopic (exact) mass is 184 g/mol. The van der Waals surface area contributed by atoms with Crippen molar-refractivity contribution < 1.29 is 9.90 Å². The molecular weight excluding hydrogens is 168 g/mol. The minimum absolute atomic E-state index is 0.320. The number of aliphatic hydroxyl groups is 1. The Morgan fingerprint density at radius 2 is 2.00 bits per heavy atom. The third-order valence-electron chi connectivity index (χ3n) is 1.66. The fourth-order valence-corrected chi connectivity index (χ4v) is 0.705. The molecule has 2 atom stereocenters. The van der Waals surface area contributed by atoms with Crippen LogP contribution in [-0.2, 0) is 4.79 Å². The second-order valence-corrected chi connectivity index (χ2v) is 4.11. The zero-order valence-corrected chi connectivity index (χ0v) is 8.46. The van der Waals surface area contributed by atoms with Gasteiger partial charge in [-0.3, -0.25) is 4.79 Å². The van der Waals surface area contributed by atoms with Crippen LogP contribution in [0.25, 0.3) is 0 Å². The molecule has 0 spiro atoms. The topological polar surface area (TPSA) is 73.1 Å². The molecule has 0 heterocycles. The van der Waals surface area contributed by atoms with Gasteiger partial charge in [0, 0.05) is 0 Å². The zero-order chi connectivity index (χ0) is 10.6. The van der Waals surface area contributed by atoms with Gasteiger partial charge in [-0.2, -0.15) is 5.26 Å². The standard InChI is InChI=1S/C9H16N2O2/c1-6(12)8(13)11-7(5-10)9(2,3)4/h6-7,12H,1-4H3,(H,11,13)/t6-,7?/m0/s1. The Morgan fingerprint density at radius 3 is 2.23 bits per heavy atom. The van der Waals surface area contributed by atoms with E-state index in [2.05, 4.69) is 5.32 Å². The Hall–Kier alpha value is -1.08. The predicted octanol–water partition coefficient (Wildman–Crippen LogP) is 0.422. The normalized spacial score (nSPS) is 15.7. The van der Waals surface area contributed by atoms with Gasteiger partial charge in [-0.25, -0.2) is 0 Å². The fourth-order valence-electron chi connectivity index (χ4n) is 0.705. The van der Waals surface area contributed by atoms with Crippen molar-refractivity contribution in [2.45, 2.75) is 39.8 Å². The van der Waals surface area contributed by atoms with E-state index in [0.717, 1.165) is 0 Å². The lowest BCUT2D eigenvalue weighted by atomic mass is 9.87. The van der Waals surface area contributed by atoms with Gasteiger partial charge < -0.3 is 10.4 Å². The molecule has 0 aliphatic carbocycles. The molecule has 0 bridgehead atoms. The van der Waals surface area contributed by atoms with E-state index in [-0.39, 0.29) is 5.41 Å². The average molecular weight is 184 g/mol. The van der Waals surface area contributed by atoms with Gasteiger partial charge in [-0.05, 0) is 12.3 Å². The second kappa shape index (κ2) is 4.24. The van der Waals surface area contributed by atoms with Gasteiger partial charge in [0.05, 0.1) is 6.07 Å². The summed E-state index contributed by atoms with van der Waals surface area (Å²) in [7, 11) is 0. The highest BCUT2D eigenvalue weighted by atomic mass is 16.3. The maximum Gasteiger partial charge on any atom is 0.249 e. The summed E-state index contributed by atoms with van der Waals surface area (Å²) in [6.45, 7) is 6.92. The summed E-state index contributed by atoms with van der Waals surface area (Å²) in [6.07, 6.45) is -1.07. The van der Waals surface area contributed by atoms with Crippen molar-refractivity contribution in [3.8, 4) is 6.07 Å². The first-order valence-corrected chi connectivity index (χ1v) is 4.17. The molecule has 1 unspecified atom stereocenters. The van der Waals surface area contributed by atoms with E-state index >= 15 is 0 Å².